The van der Waals surface area contributed by atoms with Crippen LogP contribution in [0.5, 0.6) is 0 Å². The first-order valence-electron chi connectivity index (χ1n) is 6.44. The van der Waals surface area contributed by atoms with Gasteiger partial charge in [-0.3, -0.25) is 0 Å². The fourth-order valence-corrected chi connectivity index (χ4v) is 3.92. The van der Waals surface area contributed by atoms with Crippen LogP contribution in [-0.4, -0.2) is 31.9 Å². The maximum atomic E-state index is 12.7. The summed E-state index contributed by atoms with van der Waals surface area (Å²) in [4.78, 5) is -0.335. The van der Waals surface area contributed by atoms with Crippen molar-refractivity contribution in [3.8, 4) is 6.07 Å². The van der Waals surface area contributed by atoms with Crippen molar-refractivity contribution in [1.82, 2.24) is 4.31 Å². The molecule has 1 aliphatic heterocycles. The van der Waals surface area contributed by atoms with Gasteiger partial charge in [-0.1, -0.05) is 6.92 Å². The van der Waals surface area contributed by atoms with E-state index in [0.717, 1.165) is 16.4 Å². The average Bonchev–Trinajstić information content (AvgIpc) is 2.77. The standard InChI is InChI=1S/C13H14F3N3O2S.ClH/c1-8-6-19(7-12(8)18)22(20,21)10-2-3-11(13(14,15)16)9(4-10)5-17;/h2-4,8,12H,6-7,18H2,1H3;1H. The van der Waals surface area contributed by atoms with Gasteiger partial charge in [0.1, 0.15) is 0 Å². The molecular formula is C13H15ClF3N3O2S. The Morgan fingerprint density at radius 1 is 1.35 bits per heavy atom. The van der Waals surface area contributed by atoms with Crippen molar-refractivity contribution in [3.05, 3.63) is 29.3 Å². The highest BCUT2D eigenvalue weighted by Gasteiger charge is 2.38. The zero-order valence-electron chi connectivity index (χ0n) is 12.0. The minimum atomic E-state index is -4.71. The molecule has 1 aliphatic rings. The molecule has 0 amide bonds. The van der Waals surface area contributed by atoms with E-state index in [4.69, 9.17) is 11.0 Å². The summed E-state index contributed by atoms with van der Waals surface area (Å²) < 4.78 is 64.2. The minimum Gasteiger partial charge on any atom is -0.326 e. The molecule has 10 heteroatoms. The lowest BCUT2D eigenvalue weighted by molar-refractivity contribution is -0.137. The van der Waals surface area contributed by atoms with Crippen molar-refractivity contribution in [3.63, 3.8) is 0 Å². The molecule has 0 aromatic heterocycles. The third-order valence-corrected chi connectivity index (χ3v) is 5.52. The van der Waals surface area contributed by atoms with Crippen molar-refractivity contribution in [2.24, 2.45) is 11.7 Å². The van der Waals surface area contributed by atoms with E-state index in [0.29, 0.717) is 6.07 Å². The highest BCUT2D eigenvalue weighted by molar-refractivity contribution is 7.89. The second-order valence-electron chi connectivity index (χ2n) is 5.28. The molecule has 0 saturated carbocycles. The molecule has 128 valence electrons. The largest absolute Gasteiger partial charge is 0.417 e. The van der Waals surface area contributed by atoms with Crippen LogP contribution in [0.25, 0.3) is 0 Å². The van der Waals surface area contributed by atoms with Crippen molar-refractivity contribution >= 4 is 22.4 Å². The van der Waals surface area contributed by atoms with Gasteiger partial charge >= 0.3 is 6.18 Å². The van der Waals surface area contributed by atoms with Gasteiger partial charge in [0.25, 0.3) is 0 Å². The predicted octanol–water partition coefficient (Wildman–Crippen LogP) is 1.97. The summed E-state index contributed by atoms with van der Waals surface area (Å²) in [5, 5.41) is 8.84. The normalized spacial score (nSPS) is 22.4. The van der Waals surface area contributed by atoms with E-state index in [1.54, 1.807) is 6.92 Å². The number of halogens is 4. The third kappa shape index (κ3) is 3.77. The summed E-state index contributed by atoms with van der Waals surface area (Å²) >= 11 is 0. The topological polar surface area (TPSA) is 87.2 Å². The summed E-state index contributed by atoms with van der Waals surface area (Å²) in [5.41, 5.74) is 3.90. The van der Waals surface area contributed by atoms with E-state index < -0.39 is 27.3 Å². The van der Waals surface area contributed by atoms with Gasteiger partial charge < -0.3 is 5.73 Å². The van der Waals surface area contributed by atoms with Gasteiger partial charge in [0.2, 0.25) is 10.0 Å². The van der Waals surface area contributed by atoms with Gasteiger partial charge in [0.15, 0.2) is 0 Å². The van der Waals surface area contributed by atoms with Crippen LogP contribution >= 0.6 is 12.4 Å². The first kappa shape index (κ1) is 19.7. The molecule has 1 saturated heterocycles. The van der Waals surface area contributed by atoms with E-state index in [1.807, 2.05) is 0 Å². The summed E-state index contributed by atoms with van der Waals surface area (Å²) in [5.74, 6) is -0.0420. The molecule has 2 N–H and O–H groups in total. The number of sulfonamides is 1. The Balaban J connectivity index is 0.00000264. The molecule has 1 aromatic rings. The molecule has 2 rings (SSSR count). The molecule has 0 aliphatic carbocycles. The Bertz CT molecular complexity index is 721. The van der Waals surface area contributed by atoms with Crippen LogP contribution in [-0.2, 0) is 16.2 Å². The highest BCUT2D eigenvalue weighted by atomic mass is 35.5. The van der Waals surface area contributed by atoms with E-state index in [9.17, 15) is 21.6 Å². The quantitative estimate of drug-likeness (QED) is 0.863. The van der Waals surface area contributed by atoms with Crippen LogP contribution in [0.3, 0.4) is 0 Å². The Morgan fingerprint density at radius 3 is 2.39 bits per heavy atom. The zero-order valence-corrected chi connectivity index (χ0v) is 13.7. The van der Waals surface area contributed by atoms with Crippen LogP contribution in [0.1, 0.15) is 18.1 Å². The average molecular weight is 370 g/mol. The molecular weight excluding hydrogens is 355 g/mol. The van der Waals surface area contributed by atoms with Gasteiger partial charge in [-0.25, -0.2) is 8.42 Å². The summed E-state index contributed by atoms with van der Waals surface area (Å²) in [6, 6.07) is 3.32. The summed E-state index contributed by atoms with van der Waals surface area (Å²) in [7, 11) is -3.96. The molecule has 1 fully saturated rings. The van der Waals surface area contributed by atoms with E-state index in [-0.39, 0.29) is 42.4 Å². The van der Waals surface area contributed by atoms with Crippen LogP contribution in [0.4, 0.5) is 13.2 Å². The first-order chi connectivity index (χ1) is 10.1. The Morgan fingerprint density at radius 2 is 1.96 bits per heavy atom. The molecule has 0 spiro atoms. The van der Waals surface area contributed by atoms with Gasteiger partial charge in [-0.2, -0.15) is 22.7 Å². The predicted molar refractivity (Wildman–Crippen MR) is 79.3 cm³/mol. The zero-order chi connectivity index (χ0) is 16.7. The number of rotatable bonds is 2. The highest BCUT2D eigenvalue weighted by Crippen LogP contribution is 2.33. The van der Waals surface area contributed by atoms with Crippen LogP contribution in [0.2, 0.25) is 0 Å². The molecule has 2 unspecified atom stereocenters. The van der Waals surface area contributed by atoms with Crippen LogP contribution < -0.4 is 5.73 Å². The van der Waals surface area contributed by atoms with Crippen molar-refractivity contribution in [1.29, 1.82) is 5.26 Å². The number of hydrogen-bond acceptors (Lipinski definition) is 4. The SMILES string of the molecule is CC1CN(S(=O)(=O)c2ccc(C(F)(F)F)c(C#N)c2)CC1N.Cl. The number of nitrogens with two attached hydrogens (primary N) is 1. The maximum absolute atomic E-state index is 12.7. The van der Waals surface area contributed by atoms with Crippen molar-refractivity contribution in [2.75, 3.05) is 13.1 Å². The number of nitrogens with zero attached hydrogens (tertiary/aromatic N) is 2. The smallest absolute Gasteiger partial charge is 0.326 e. The molecule has 0 radical (unpaired) electrons. The van der Waals surface area contributed by atoms with Crippen LogP contribution in [0, 0.1) is 17.2 Å². The Kier molecular flexibility index (Phi) is 5.70. The second-order valence-corrected chi connectivity index (χ2v) is 7.22. The third-order valence-electron chi connectivity index (χ3n) is 3.69. The number of alkyl halides is 3. The molecule has 23 heavy (non-hydrogen) atoms. The maximum Gasteiger partial charge on any atom is 0.417 e. The molecule has 1 aromatic carbocycles. The minimum absolute atomic E-state index is 0. The van der Waals surface area contributed by atoms with Crippen molar-refractivity contribution < 1.29 is 21.6 Å². The van der Waals surface area contributed by atoms with Crippen molar-refractivity contribution in [2.45, 2.75) is 24.0 Å². The van der Waals surface area contributed by atoms with Gasteiger partial charge in [0.05, 0.1) is 22.1 Å². The summed E-state index contributed by atoms with van der Waals surface area (Å²) in [6.45, 7) is 2.10. The molecule has 2 atom stereocenters. The van der Waals surface area contributed by atoms with E-state index >= 15 is 0 Å². The van der Waals surface area contributed by atoms with E-state index in [2.05, 4.69) is 0 Å². The number of hydrogen-bond donors (Lipinski definition) is 1. The monoisotopic (exact) mass is 369 g/mol. The number of benzene rings is 1. The Labute approximate surface area is 138 Å². The molecule has 0 bridgehead atoms. The van der Waals surface area contributed by atoms with Gasteiger partial charge in [-0.05, 0) is 24.1 Å². The molecule has 5 nitrogen and oxygen atoms in total. The van der Waals surface area contributed by atoms with E-state index in [1.165, 1.54) is 6.07 Å². The molecule has 1 heterocycles. The lowest BCUT2D eigenvalue weighted by atomic mass is 10.1. The lowest BCUT2D eigenvalue weighted by Gasteiger charge is -2.17. The van der Waals surface area contributed by atoms with Crippen LogP contribution in [0.15, 0.2) is 23.1 Å². The first-order valence-corrected chi connectivity index (χ1v) is 7.88. The van der Waals surface area contributed by atoms with Gasteiger partial charge in [-0.15, -0.1) is 12.4 Å². The Hall–Kier alpha value is -1.34. The number of nitriles is 1. The fraction of sp³-hybridized carbons (Fsp3) is 0.462. The second kappa shape index (κ2) is 6.65. The fourth-order valence-electron chi connectivity index (χ4n) is 2.32. The van der Waals surface area contributed by atoms with Gasteiger partial charge in [0, 0.05) is 19.1 Å². The summed E-state index contributed by atoms with van der Waals surface area (Å²) in [6.07, 6.45) is -4.71. The lowest BCUT2D eigenvalue weighted by Crippen LogP contribution is -2.32.